The second-order valence-corrected chi connectivity index (χ2v) is 8.08. The maximum atomic E-state index is 12.4. The van der Waals surface area contributed by atoms with Crippen molar-refractivity contribution in [3.8, 4) is 5.75 Å². The fourth-order valence-electron chi connectivity index (χ4n) is 3.81. The molecule has 1 N–H and O–H groups in total. The summed E-state index contributed by atoms with van der Waals surface area (Å²) in [5.74, 6) is -0.683. The van der Waals surface area contributed by atoms with Crippen LogP contribution in [0.25, 0.3) is 0 Å². The Morgan fingerprint density at radius 2 is 1.69 bits per heavy atom. The molecular formula is C26H25N3O6. The van der Waals surface area contributed by atoms with Crippen molar-refractivity contribution in [2.24, 2.45) is 0 Å². The monoisotopic (exact) mass is 475 g/mol. The van der Waals surface area contributed by atoms with Gasteiger partial charge in [0.15, 0.2) is 6.61 Å². The molecule has 0 spiro atoms. The van der Waals surface area contributed by atoms with Crippen molar-refractivity contribution in [3.63, 3.8) is 0 Å². The first-order chi connectivity index (χ1) is 17.0. The van der Waals surface area contributed by atoms with Gasteiger partial charge in [-0.05, 0) is 54.8 Å². The second-order valence-electron chi connectivity index (χ2n) is 8.08. The Morgan fingerprint density at radius 1 is 0.971 bits per heavy atom. The highest BCUT2D eigenvalue weighted by Gasteiger charge is 2.24. The minimum atomic E-state index is -0.805. The smallest absolute Gasteiger partial charge is 0.338 e. The molecule has 1 aliphatic rings. The third-order valence-electron chi connectivity index (χ3n) is 5.58. The molecule has 9 heteroatoms. The summed E-state index contributed by atoms with van der Waals surface area (Å²) in [7, 11) is 0. The number of rotatable bonds is 9. The van der Waals surface area contributed by atoms with E-state index in [1.54, 1.807) is 30.3 Å². The number of hydrogen-bond acceptors (Lipinski definition) is 7. The average molecular weight is 476 g/mol. The SMILES string of the molecule is O=C(COC(=O)c1ccc(N2CCCC2)c([N+](=O)[O-])c1)Nc1ccc(OCc2ccccc2)cc1. The summed E-state index contributed by atoms with van der Waals surface area (Å²) >= 11 is 0. The zero-order valence-electron chi connectivity index (χ0n) is 19.0. The van der Waals surface area contributed by atoms with Gasteiger partial charge < -0.3 is 19.7 Å². The molecule has 9 nitrogen and oxygen atoms in total. The molecule has 1 heterocycles. The van der Waals surface area contributed by atoms with E-state index in [9.17, 15) is 19.7 Å². The normalized spacial score (nSPS) is 12.7. The van der Waals surface area contributed by atoms with Gasteiger partial charge in [0, 0.05) is 24.8 Å². The van der Waals surface area contributed by atoms with Gasteiger partial charge >= 0.3 is 5.97 Å². The quantitative estimate of drug-likeness (QED) is 0.274. The van der Waals surface area contributed by atoms with Crippen LogP contribution >= 0.6 is 0 Å². The van der Waals surface area contributed by atoms with Crippen molar-refractivity contribution in [1.29, 1.82) is 0 Å². The second kappa shape index (κ2) is 11.1. The van der Waals surface area contributed by atoms with E-state index < -0.39 is 23.4 Å². The molecule has 0 radical (unpaired) electrons. The van der Waals surface area contributed by atoms with Gasteiger partial charge in [0.2, 0.25) is 0 Å². The lowest BCUT2D eigenvalue weighted by Gasteiger charge is -2.17. The Labute approximate surface area is 202 Å². The number of esters is 1. The van der Waals surface area contributed by atoms with E-state index in [0.29, 0.717) is 23.7 Å². The lowest BCUT2D eigenvalue weighted by molar-refractivity contribution is -0.384. The standard InChI is InChI=1S/C26H25N3O6/c30-25(27-21-9-11-22(12-10-21)34-17-19-6-2-1-3-7-19)18-35-26(31)20-8-13-23(24(16-20)29(32)33)28-14-4-5-15-28/h1-3,6-13,16H,4-5,14-15,17-18H2,(H,27,30). The number of ether oxygens (including phenoxy) is 2. The molecule has 35 heavy (non-hydrogen) atoms. The first kappa shape index (κ1) is 23.7. The number of nitro groups is 1. The number of carbonyl (C=O) groups is 2. The maximum absolute atomic E-state index is 12.4. The number of nitrogens with one attached hydrogen (secondary N) is 1. The van der Waals surface area contributed by atoms with Gasteiger partial charge in [0.25, 0.3) is 11.6 Å². The summed E-state index contributed by atoms with van der Waals surface area (Å²) in [6, 6.07) is 20.8. The maximum Gasteiger partial charge on any atom is 0.338 e. The molecule has 1 amide bonds. The van der Waals surface area contributed by atoms with E-state index in [1.807, 2.05) is 35.2 Å². The molecule has 0 saturated carbocycles. The zero-order valence-corrected chi connectivity index (χ0v) is 19.0. The largest absolute Gasteiger partial charge is 0.489 e. The van der Waals surface area contributed by atoms with Gasteiger partial charge in [-0.25, -0.2) is 4.79 Å². The van der Waals surface area contributed by atoms with Gasteiger partial charge in [-0.1, -0.05) is 30.3 Å². The van der Waals surface area contributed by atoms with E-state index >= 15 is 0 Å². The minimum absolute atomic E-state index is 0.0207. The number of hydrogen-bond donors (Lipinski definition) is 1. The molecule has 1 fully saturated rings. The summed E-state index contributed by atoms with van der Waals surface area (Å²) in [6.07, 6.45) is 1.94. The lowest BCUT2D eigenvalue weighted by Crippen LogP contribution is -2.21. The average Bonchev–Trinajstić information content (AvgIpc) is 3.42. The fraction of sp³-hybridized carbons (Fsp3) is 0.231. The van der Waals surface area contributed by atoms with E-state index in [2.05, 4.69) is 5.32 Å². The van der Waals surface area contributed by atoms with Crippen LogP contribution in [0.2, 0.25) is 0 Å². The predicted molar refractivity (Wildman–Crippen MR) is 131 cm³/mol. The number of nitro benzene ring substituents is 1. The molecule has 0 atom stereocenters. The van der Waals surface area contributed by atoms with Crippen molar-refractivity contribution < 1.29 is 24.0 Å². The van der Waals surface area contributed by atoms with Crippen molar-refractivity contribution >= 4 is 28.9 Å². The van der Waals surface area contributed by atoms with Crippen LogP contribution in [-0.2, 0) is 16.1 Å². The summed E-state index contributed by atoms with van der Waals surface area (Å²) in [6.45, 7) is 1.39. The first-order valence-electron chi connectivity index (χ1n) is 11.3. The molecule has 0 bridgehead atoms. The van der Waals surface area contributed by atoms with Crippen LogP contribution in [0, 0.1) is 10.1 Å². The molecule has 0 unspecified atom stereocenters. The number of benzene rings is 3. The van der Waals surface area contributed by atoms with E-state index in [-0.39, 0.29) is 11.3 Å². The van der Waals surface area contributed by atoms with Crippen LogP contribution in [0.1, 0.15) is 28.8 Å². The fourth-order valence-corrected chi connectivity index (χ4v) is 3.81. The van der Waals surface area contributed by atoms with Crippen molar-refractivity contribution in [3.05, 3.63) is 94.0 Å². The first-order valence-corrected chi connectivity index (χ1v) is 11.3. The number of amides is 1. The molecule has 3 aromatic carbocycles. The van der Waals surface area contributed by atoms with Crippen LogP contribution in [0.5, 0.6) is 5.75 Å². The van der Waals surface area contributed by atoms with Crippen molar-refractivity contribution in [2.45, 2.75) is 19.4 Å². The highest BCUT2D eigenvalue weighted by Crippen LogP contribution is 2.31. The molecule has 0 aliphatic carbocycles. The molecular weight excluding hydrogens is 450 g/mol. The van der Waals surface area contributed by atoms with Crippen LogP contribution in [0.15, 0.2) is 72.8 Å². The van der Waals surface area contributed by atoms with E-state index in [0.717, 1.165) is 31.5 Å². The Kier molecular flexibility index (Phi) is 7.57. The predicted octanol–water partition coefficient (Wildman–Crippen LogP) is 4.57. The Bertz CT molecular complexity index is 1190. The third-order valence-corrected chi connectivity index (χ3v) is 5.58. The Hall–Kier alpha value is -4.40. The van der Waals surface area contributed by atoms with Gasteiger partial charge in [0.05, 0.1) is 10.5 Å². The van der Waals surface area contributed by atoms with Gasteiger partial charge in [0.1, 0.15) is 18.0 Å². The van der Waals surface area contributed by atoms with Gasteiger partial charge in [-0.3, -0.25) is 14.9 Å². The van der Waals surface area contributed by atoms with Crippen LogP contribution in [0.4, 0.5) is 17.1 Å². The van der Waals surface area contributed by atoms with E-state index in [1.165, 1.54) is 12.1 Å². The Morgan fingerprint density at radius 3 is 2.37 bits per heavy atom. The third kappa shape index (κ3) is 6.35. The molecule has 4 rings (SSSR count). The number of carbonyl (C=O) groups excluding carboxylic acids is 2. The molecule has 1 saturated heterocycles. The minimum Gasteiger partial charge on any atom is -0.489 e. The highest BCUT2D eigenvalue weighted by atomic mass is 16.6. The van der Waals surface area contributed by atoms with Gasteiger partial charge in [-0.15, -0.1) is 0 Å². The zero-order chi connectivity index (χ0) is 24.6. The van der Waals surface area contributed by atoms with Crippen LogP contribution < -0.4 is 15.0 Å². The van der Waals surface area contributed by atoms with Gasteiger partial charge in [-0.2, -0.15) is 0 Å². The van der Waals surface area contributed by atoms with Crippen molar-refractivity contribution in [1.82, 2.24) is 0 Å². The molecule has 3 aromatic rings. The summed E-state index contributed by atoms with van der Waals surface area (Å²) < 4.78 is 10.8. The summed E-state index contributed by atoms with van der Waals surface area (Å²) in [5, 5.41) is 14.2. The molecule has 180 valence electrons. The van der Waals surface area contributed by atoms with Crippen molar-refractivity contribution in [2.75, 3.05) is 29.9 Å². The van der Waals surface area contributed by atoms with Crippen LogP contribution in [-0.4, -0.2) is 36.5 Å². The summed E-state index contributed by atoms with van der Waals surface area (Å²) in [4.78, 5) is 37.5. The van der Waals surface area contributed by atoms with Crippen LogP contribution in [0.3, 0.4) is 0 Å². The molecule has 1 aliphatic heterocycles. The lowest BCUT2D eigenvalue weighted by atomic mass is 10.1. The molecule has 0 aromatic heterocycles. The number of nitrogens with zero attached hydrogens (tertiary/aromatic N) is 2. The van der Waals surface area contributed by atoms with E-state index in [4.69, 9.17) is 9.47 Å². The topological polar surface area (TPSA) is 111 Å². The highest BCUT2D eigenvalue weighted by molar-refractivity contribution is 5.96. The Balaban J connectivity index is 1.28. The number of anilines is 2. The summed E-state index contributed by atoms with van der Waals surface area (Å²) in [5.41, 5.74) is 1.91.